The van der Waals surface area contributed by atoms with Crippen molar-refractivity contribution in [2.45, 2.75) is 0 Å². The second-order valence-corrected chi connectivity index (χ2v) is 4.79. The van der Waals surface area contributed by atoms with E-state index in [2.05, 4.69) is 4.99 Å². The summed E-state index contributed by atoms with van der Waals surface area (Å²) < 4.78 is 0. The molecule has 2 rings (SSSR count). The van der Waals surface area contributed by atoms with Gasteiger partial charge in [0.25, 0.3) is 5.91 Å². The van der Waals surface area contributed by atoms with Crippen molar-refractivity contribution in [3.63, 3.8) is 0 Å². The first-order valence-corrected chi connectivity index (χ1v) is 6.67. The predicted octanol–water partition coefficient (Wildman–Crippen LogP) is 4.65. The maximum Gasteiger partial charge on any atom is 0.269 e. The lowest BCUT2D eigenvalue weighted by molar-refractivity contribution is -0.113. The minimum absolute atomic E-state index is 0.371. The molecular formula is C16H11Cl2NO. The summed E-state index contributed by atoms with van der Waals surface area (Å²) in [6, 6.07) is 14.4. The maximum atomic E-state index is 11.6. The molecule has 100 valence electrons. The third-order valence-corrected chi connectivity index (χ3v) is 3.24. The summed E-state index contributed by atoms with van der Waals surface area (Å²) in [6.07, 6.45) is 4.45. The molecule has 4 heteroatoms. The summed E-state index contributed by atoms with van der Waals surface area (Å²) in [4.78, 5) is 15.5. The smallest absolute Gasteiger partial charge is 0.267 e. The highest BCUT2D eigenvalue weighted by Gasteiger charge is 1.97. The van der Waals surface area contributed by atoms with Gasteiger partial charge in [-0.3, -0.25) is 4.79 Å². The first-order valence-electron chi connectivity index (χ1n) is 5.92. The number of nitrogens with zero attached hydrogens (tertiary/aromatic N) is 1. The Morgan fingerprint density at radius 3 is 2.05 bits per heavy atom. The van der Waals surface area contributed by atoms with Crippen LogP contribution < -0.4 is 0 Å². The number of carbonyl (C=O) groups excluding carboxylic acids is 1. The highest BCUT2D eigenvalue weighted by atomic mass is 35.5. The van der Waals surface area contributed by atoms with E-state index in [0.717, 1.165) is 5.56 Å². The van der Waals surface area contributed by atoms with Gasteiger partial charge in [-0.2, -0.15) is 0 Å². The fourth-order valence-electron chi connectivity index (χ4n) is 1.53. The molecule has 0 bridgehead atoms. The van der Waals surface area contributed by atoms with Crippen LogP contribution in [0.4, 0.5) is 0 Å². The summed E-state index contributed by atoms with van der Waals surface area (Å²) >= 11 is 11.9. The zero-order valence-corrected chi connectivity index (χ0v) is 12.0. The lowest BCUT2D eigenvalue weighted by Crippen LogP contribution is -1.90. The highest BCUT2D eigenvalue weighted by Crippen LogP contribution is 2.16. The number of aliphatic imine (C=N–C) groups is 1. The van der Waals surface area contributed by atoms with Gasteiger partial charge in [-0.25, -0.2) is 4.99 Å². The molecule has 1 amide bonds. The Hall–Kier alpha value is -1.90. The maximum absolute atomic E-state index is 11.6. The quantitative estimate of drug-likeness (QED) is 0.599. The molecule has 0 atom stereocenters. The second kappa shape index (κ2) is 7.04. The van der Waals surface area contributed by atoms with Gasteiger partial charge in [-0.15, -0.1) is 0 Å². The Balaban J connectivity index is 2.07. The largest absolute Gasteiger partial charge is 0.269 e. The average Bonchev–Trinajstić information content (AvgIpc) is 2.45. The van der Waals surface area contributed by atoms with E-state index < -0.39 is 0 Å². The van der Waals surface area contributed by atoms with Crippen molar-refractivity contribution < 1.29 is 4.79 Å². The molecule has 2 aromatic carbocycles. The van der Waals surface area contributed by atoms with E-state index in [1.54, 1.807) is 24.3 Å². The first kappa shape index (κ1) is 14.5. The fourth-order valence-corrected chi connectivity index (χ4v) is 1.91. The normalized spacial score (nSPS) is 11.3. The number of amides is 1. The van der Waals surface area contributed by atoms with Crippen LogP contribution >= 0.6 is 23.2 Å². The molecule has 2 nitrogen and oxygen atoms in total. The Morgan fingerprint density at radius 2 is 1.45 bits per heavy atom. The standard InChI is InChI=1S/C16H11Cl2NO/c17-14-7-3-1-5-12(14)9-10-16(20)19-11-13-6-2-4-8-15(13)18/h1-11H/b10-9+,19-11?. The van der Waals surface area contributed by atoms with E-state index in [9.17, 15) is 4.79 Å². The Kier molecular flexibility index (Phi) is 5.10. The lowest BCUT2D eigenvalue weighted by atomic mass is 10.2. The average molecular weight is 304 g/mol. The van der Waals surface area contributed by atoms with Crippen LogP contribution in [-0.4, -0.2) is 12.1 Å². The molecule has 0 aliphatic rings. The van der Waals surface area contributed by atoms with Gasteiger partial charge in [0.15, 0.2) is 0 Å². The van der Waals surface area contributed by atoms with Crippen LogP contribution in [0.1, 0.15) is 11.1 Å². The van der Waals surface area contributed by atoms with Crippen LogP contribution in [0.2, 0.25) is 10.0 Å². The van der Waals surface area contributed by atoms with Crippen molar-refractivity contribution in [2.75, 3.05) is 0 Å². The number of benzene rings is 2. The molecule has 0 saturated heterocycles. The topological polar surface area (TPSA) is 29.4 Å². The van der Waals surface area contributed by atoms with Gasteiger partial charge in [0, 0.05) is 27.9 Å². The molecule has 0 saturated carbocycles. The van der Waals surface area contributed by atoms with E-state index in [4.69, 9.17) is 23.2 Å². The number of hydrogen-bond donors (Lipinski definition) is 0. The lowest BCUT2D eigenvalue weighted by Gasteiger charge is -1.96. The second-order valence-electron chi connectivity index (χ2n) is 3.97. The van der Waals surface area contributed by atoms with Crippen LogP contribution in [0.15, 0.2) is 59.6 Å². The van der Waals surface area contributed by atoms with Crippen LogP contribution in [0.25, 0.3) is 6.08 Å². The monoisotopic (exact) mass is 303 g/mol. The number of rotatable bonds is 3. The van der Waals surface area contributed by atoms with Crippen molar-refractivity contribution in [3.05, 3.63) is 75.8 Å². The minimum atomic E-state index is -0.371. The zero-order chi connectivity index (χ0) is 14.4. The molecule has 0 spiro atoms. The number of hydrogen-bond acceptors (Lipinski definition) is 1. The van der Waals surface area contributed by atoms with Gasteiger partial charge in [0.1, 0.15) is 0 Å². The molecule has 0 radical (unpaired) electrons. The molecule has 2 aromatic rings. The van der Waals surface area contributed by atoms with Crippen molar-refractivity contribution in [1.29, 1.82) is 0 Å². The summed E-state index contributed by atoms with van der Waals surface area (Å²) in [5.74, 6) is -0.371. The van der Waals surface area contributed by atoms with E-state index in [1.807, 2.05) is 30.3 Å². The van der Waals surface area contributed by atoms with Crippen LogP contribution in [0.5, 0.6) is 0 Å². The summed E-state index contributed by atoms with van der Waals surface area (Å²) in [5.41, 5.74) is 1.48. The Morgan fingerprint density at radius 1 is 0.900 bits per heavy atom. The third-order valence-electron chi connectivity index (χ3n) is 2.55. The van der Waals surface area contributed by atoms with Gasteiger partial charge in [0.05, 0.1) is 0 Å². The Bertz CT molecular complexity index is 620. The first-order chi connectivity index (χ1) is 9.66. The molecule has 0 unspecified atom stereocenters. The number of carbonyl (C=O) groups is 1. The molecule has 0 N–H and O–H groups in total. The molecule has 0 aliphatic heterocycles. The fraction of sp³-hybridized carbons (Fsp3) is 0. The van der Waals surface area contributed by atoms with Crippen molar-refractivity contribution in [2.24, 2.45) is 4.99 Å². The van der Waals surface area contributed by atoms with Crippen LogP contribution in [0.3, 0.4) is 0 Å². The summed E-state index contributed by atoms with van der Waals surface area (Å²) in [7, 11) is 0. The molecule has 0 heterocycles. The zero-order valence-electron chi connectivity index (χ0n) is 10.5. The van der Waals surface area contributed by atoms with Gasteiger partial charge in [-0.1, -0.05) is 59.6 Å². The molecular weight excluding hydrogens is 293 g/mol. The predicted molar refractivity (Wildman–Crippen MR) is 84.5 cm³/mol. The van der Waals surface area contributed by atoms with Gasteiger partial charge >= 0.3 is 0 Å². The highest BCUT2D eigenvalue weighted by molar-refractivity contribution is 6.33. The molecule has 0 aromatic heterocycles. The van der Waals surface area contributed by atoms with Crippen molar-refractivity contribution in [1.82, 2.24) is 0 Å². The molecule has 0 aliphatic carbocycles. The van der Waals surface area contributed by atoms with E-state index in [0.29, 0.717) is 15.6 Å². The van der Waals surface area contributed by atoms with E-state index in [1.165, 1.54) is 12.3 Å². The summed E-state index contributed by atoms with van der Waals surface area (Å²) in [5, 5.41) is 1.14. The van der Waals surface area contributed by atoms with Gasteiger partial charge < -0.3 is 0 Å². The van der Waals surface area contributed by atoms with Crippen LogP contribution in [-0.2, 0) is 4.79 Å². The van der Waals surface area contributed by atoms with Gasteiger partial charge in [0.2, 0.25) is 0 Å². The SMILES string of the molecule is O=C(/C=C/c1ccccc1Cl)N=Cc1ccccc1Cl. The number of halogens is 2. The van der Waals surface area contributed by atoms with E-state index in [-0.39, 0.29) is 5.91 Å². The van der Waals surface area contributed by atoms with Crippen LogP contribution in [0, 0.1) is 0 Å². The van der Waals surface area contributed by atoms with Gasteiger partial charge in [-0.05, 0) is 23.8 Å². The Labute approximate surface area is 127 Å². The minimum Gasteiger partial charge on any atom is -0.267 e. The van der Waals surface area contributed by atoms with Crippen molar-refractivity contribution >= 4 is 41.4 Å². The third kappa shape index (κ3) is 4.05. The molecule has 20 heavy (non-hydrogen) atoms. The van der Waals surface area contributed by atoms with E-state index >= 15 is 0 Å². The molecule has 0 fully saturated rings. The summed E-state index contributed by atoms with van der Waals surface area (Å²) in [6.45, 7) is 0. The van der Waals surface area contributed by atoms with Crippen molar-refractivity contribution in [3.8, 4) is 0 Å².